The third-order valence-corrected chi connectivity index (χ3v) is 14.3. The summed E-state index contributed by atoms with van der Waals surface area (Å²) in [6, 6.07) is 0. The number of unbranched alkanes of at least 4 members (excludes halogenated alkanes) is 40. The molecule has 0 fully saturated rings. The first-order valence-electron chi connectivity index (χ1n) is 32.1. The normalized spacial score (nSPS) is 12.3. The molecule has 0 spiro atoms. The molecule has 0 rings (SSSR count). The molecule has 0 N–H and O–H groups in total. The lowest BCUT2D eigenvalue weighted by molar-refractivity contribution is -0.167. The van der Waals surface area contributed by atoms with Gasteiger partial charge in [0.2, 0.25) is 0 Å². The molecule has 0 aliphatic rings. The van der Waals surface area contributed by atoms with Crippen LogP contribution in [0.15, 0.2) is 48.6 Å². The van der Waals surface area contributed by atoms with Gasteiger partial charge in [-0.1, -0.05) is 288 Å². The zero-order valence-electron chi connectivity index (χ0n) is 48.9. The molecule has 0 aliphatic heterocycles. The quantitative estimate of drug-likeness (QED) is 0.0261. The Kier molecular flexibility index (Phi) is 59.7. The smallest absolute Gasteiger partial charge is 0.306 e. The molecule has 0 saturated carbocycles. The molecule has 6 nitrogen and oxygen atoms in total. The van der Waals surface area contributed by atoms with E-state index in [9.17, 15) is 14.4 Å². The Labute approximate surface area is 454 Å². The minimum Gasteiger partial charge on any atom is -0.462 e. The average Bonchev–Trinajstić information content (AvgIpc) is 3.39. The zero-order valence-corrected chi connectivity index (χ0v) is 48.9. The maximum Gasteiger partial charge on any atom is 0.306 e. The van der Waals surface area contributed by atoms with E-state index < -0.39 is 6.10 Å². The van der Waals surface area contributed by atoms with Crippen molar-refractivity contribution in [2.24, 2.45) is 0 Å². The summed E-state index contributed by atoms with van der Waals surface area (Å²) in [6.45, 7) is 6.65. The maximum atomic E-state index is 12.9. The molecule has 0 saturated heterocycles. The third-order valence-electron chi connectivity index (χ3n) is 14.3. The fourth-order valence-corrected chi connectivity index (χ4v) is 9.45. The van der Waals surface area contributed by atoms with Gasteiger partial charge in [-0.05, 0) is 83.5 Å². The minimum atomic E-state index is -0.778. The molecule has 0 amide bonds. The summed E-state index contributed by atoms with van der Waals surface area (Å²) in [5.41, 5.74) is 0. The second kappa shape index (κ2) is 61.9. The summed E-state index contributed by atoms with van der Waals surface area (Å²) in [5.74, 6) is -0.864. The van der Waals surface area contributed by atoms with E-state index in [2.05, 4.69) is 69.4 Å². The summed E-state index contributed by atoms with van der Waals surface area (Å²) in [7, 11) is 0. The summed E-state index contributed by atoms with van der Waals surface area (Å²) < 4.78 is 17.0. The predicted octanol–water partition coefficient (Wildman–Crippen LogP) is 21.8. The molecule has 0 aromatic carbocycles. The van der Waals surface area contributed by atoms with Crippen molar-refractivity contribution in [1.29, 1.82) is 0 Å². The number of hydrogen-bond donors (Lipinski definition) is 0. The van der Waals surface area contributed by atoms with Crippen LogP contribution in [0.5, 0.6) is 0 Å². The second-order valence-electron chi connectivity index (χ2n) is 21.7. The Morgan fingerprint density at radius 1 is 0.274 bits per heavy atom. The van der Waals surface area contributed by atoms with Crippen LogP contribution in [0.25, 0.3) is 0 Å². The van der Waals surface area contributed by atoms with E-state index in [-0.39, 0.29) is 31.1 Å². The number of esters is 3. The maximum absolute atomic E-state index is 12.9. The van der Waals surface area contributed by atoms with Gasteiger partial charge >= 0.3 is 17.9 Å². The highest BCUT2D eigenvalue weighted by Gasteiger charge is 2.19. The summed E-state index contributed by atoms with van der Waals surface area (Å²) in [6.07, 6.45) is 76.8. The molecular weight excluding hydrogens is 901 g/mol. The molecule has 73 heavy (non-hydrogen) atoms. The average molecular weight is 1020 g/mol. The van der Waals surface area contributed by atoms with E-state index in [1.165, 1.54) is 225 Å². The molecule has 0 aromatic rings. The molecule has 0 bridgehead atoms. The van der Waals surface area contributed by atoms with Gasteiger partial charge in [-0.2, -0.15) is 0 Å². The number of carbonyl (C=O) groups excluding carboxylic acids is 3. The number of rotatable bonds is 59. The number of hydrogen-bond acceptors (Lipinski definition) is 6. The number of ether oxygens (including phenoxy) is 3. The van der Waals surface area contributed by atoms with Crippen LogP contribution in [0.2, 0.25) is 0 Å². The second-order valence-corrected chi connectivity index (χ2v) is 21.7. The van der Waals surface area contributed by atoms with E-state index in [1.807, 2.05) is 0 Å². The van der Waals surface area contributed by atoms with Crippen molar-refractivity contribution in [2.75, 3.05) is 13.2 Å². The van der Waals surface area contributed by atoms with E-state index >= 15 is 0 Å². The highest BCUT2D eigenvalue weighted by Crippen LogP contribution is 2.17. The van der Waals surface area contributed by atoms with Gasteiger partial charge in [-0.3, -0.25) is 14.4 Å². The van der Waals surface area contributed by atoms with E-state index in [0.717, 1.165) is 77.0 Å². The Morgan fingerprint density at radius 2 is 0.493 bits per heavy atom. The topological polar surface area (TPSA) is 78.9 Å². The highest BCUT2D eigenvalue weighted by atomic mass is 16.6. The van der Waals surface area contributed by atoms with Crippen LogP contribution in [0.4, 0.5) is 0 Å². The van der Waals surface area contributed by atoms with Crippen molar-refractivity contribution in [3.05, 3.63) is 48.6 Å². The molecule has 1 unspecified atom stereocenters. The van der Waals surface area contributed by atoms with Gasteiger partial charge in [0.05, 0.1) is 0 Å². The third kappa shape index (κ3) is 60.1. The van der Waals surface area contributed by atoms with Gasteiger partial charge in [0, 0.05) is 19.3 Å². The number of carbonyl (C=O) groups is 3. The Balaban J connectivity index is 4.36. The SMILES string of the molecule is CCCCC/C=C\C/C=C\CCCCCCCCCCCC(=O)OCC(COC(=O)CCCCCCCCCCCCCCCCCCCC)OC(=O)CCCCCCCCC/C=C\C/C=C\CCCCCC. The van der Waals surface area contributed by atoms with Crippen LogP contribution in [0.1, 0.15) is 342 Å². The lowest BCUT2D eigenvalue weighted by atomic mass is 10.0. The van der Waals surface area contributed by atoms with Crippen molar-refractivity contribution < 1.29 is 28.6 Å². The summed E-state index contributed by atoms with van der Waals surface area (Å²) in [5, 5.41) is 0. The first-order valence-corrected chi connectivity index (χ1v) is 32.1. The van der Waals surface area contributed by atoms with Crippen molar-refractivity contribution in [1.82, 2.24) is 0 Å². The molecule has 0 aromatic heterocycles. The van der Waals surface area contributed by atoms with E-state index in [0.29, 0.717) is 19.3 Å². The summed E-state index contributed by atoms with van der Waals surface area (Å²) in [4.78, 5) is 38.3. The van der Waals surface area contributed by atoms with Crippen molar-refractivity contribution in [2.45, 2.75) is 348 Å². The van der Waals surface area contributed by atoms with Crippen molar-refractivity contribution in [3.63, 3.8) is 0 Å². The van der Waals surface area contributed by atoms with Crippen LogP contribution in [-0.4, -0.2) is 37.2 Å². The van der Waals surface area contributed by atoms with E-state index in [4.69, 9.17) is 14.2 Å². The Hall–Kier alpha value is -2.63. The van der Waals surface area contributed by atoms with Gasteiger partial charge in [0.25, 0.3) is 0 Å². The predicted molar refractivity (Wildman–Crippen MR) is 316 cm³/mol. The monoisotopic (exact) mass is 1020 g/mol. The molecule has 0 radical (unpaired) electrons. The molecule has 426 valence electrons. The summed E-state index contributed by atoms with van der Waals surface area (Å²) >= 11 is 0. The zero-order chi connectivity index (χ0) is 52.9. The van der Waals surface area contributed by atoms with Crippen LogP contribution < -0.4 is 0 Å². The van der Waals surface area contributed by atoms with Crippen LogP contribution >= 0.6 is 0 Å². The van der Waals surface area contributed by atoms with Gasteiger partial charge in [-0.25, -0.2) is 0 Å². The van der Waals surface area contributed by atoms with Crippen LogP contribution in [0.3, 0.4) is 0 Å². The molecule has 0 heterocycles. The van der Waals surface area contributed by atoms with Crippen LogP contribution in [-0.2, 0) is 28.6 Å². The fraction of sp³-hybridized carbons (Fsp3) is 0.836. The highest BCUT2D eigenvalue weighted by molar-refractivity contribution is 5.71. The Bertz CT molecular complexity index is 1270. The van der Waals surface area contributed by atoms with Crippen LogP contribution in [0, 0.1) is 0 Å². The fourth-order valence-electron chi connectivity index (χ4n) is 9.45. The number of allylic oxidation sites excluding steroid dienone is 8. The standard InChI is InChI=1S/C67H122O6/c1-4-7-10-13-16-19-22-25-28-31-34-37-39-42-45-48-51-54-57-60-66(69)72-63-64(73-67(70)61-58-55-52-49-46-43-40-36-33-30-27-24-21-18-15-12-9-6-3)62-71-65(68)59-56-53-50-47-44-41-38-35-32-29-26-23-20-17-14-11-8-5-2/h16,19,21,24-25,28,30,33,64H,4-15,17-18,20,22-23,26-27,29,31-32,34-63H2,1-3H3/b19-16-,24-21-,28-25-,33-30-. The molecule has 0 aliphatic carbocycles. The van der Waals surface area contributed by atoms with Gasteiger partial charge in [-0.15, -0.1) is 0 Å². The minimum absolute atomic E-state index is 0.0739. The first-order chi connectivity index (χ1) is 36.0. The largest absolute Gasteiger partial charge is 0.462 e. The molecule has 6 heteroatoms. The van der Waals surface area contributed by atoms with Gasteiger partial charge < -0.3 is 14.2 Å². The van der Waals surface area contributed by atoms with Gasteiger partial charge in [0.1, 0.15) is 13.2 Å². The lowest BCUT2D eigenvalue weighted by Crippen LogP contribution is -2.30. The lowest BCUT2D eigenvalue weighted by Gasteiger charge is -2.18. The van der Waals surface area contributed by atoms with Gasteiger partial charge in [0.15, 0.2) is 6.10 Å². The molecular formula is C67H122O6. The molecule has 1 atom stereocenters. The van der Waals surface area contributed by atoms with Crippen molar-refractivity contribution >= 4 is 17.9 Å². The van der Waals surface area contributed by atoms with Crippen molar-refractivity contribution in [3.8, 4) is 0 Å². The Morgan fingerprint density at radius 3 is 0.795 bits per heavy atom. The van der Waals surface area contributed by atoms with E-state index in [1.54, 1.807) is 0 Å². The first kappa shape index (κ1) is 70.4.